The van der Waals surface area contributed by atoms with Crippen molar-refractivity contribution in [3.05, 3.63) is 29.8 Å². The summed E-state index contributed by atoms with van der Waals surface area (Å²) < 4.78 is 10.7. The normalized spacial score (nSPS) is 21.2. The number of aromatic hydroxyl groups is 1. The maximum atomic E-state index is 10.2. The highest BCUT2D eigenvalue weighted by Gasteiger charge is 2.31. The van der Waals surface area contributed by atoms with E-state index >= 15 is 0 Å². The van der Waals surface area contributed by atoms with Crippen molar-refractivity contribution in [3.8, 4) is 11.5 Å². The Hall–Kier alpha value is -1.52. The maximum Gasteiger partial charge on any atom is 0.161 e. The predicted molar refractivity (Wildman–Crippen MR) is 101 cm³/mol. The molecule has 2 N–H and O–H groups in total. The lowest BCUT2D eigenvalue weighted by Gasteiger charge is -2.36. The second-order valence-electron chi connectivity index (χ2n) is 6.94. The summed E-state index contributed by atoms with van der Waals surface area (Å²) in [5.74, 6) is 0.993. The van der Waals surface area contributed by atoms with Gasteiger partial charge in [-0.05, 0) is 30.5 Å². The number of methoxy groups -OCH3 is 1. The van der Waals surface area contributed by atoms with Gasteiger partial charge in [-0.1, -0.05) is 57.2 Å². The van der Waals surface area contributed by atoms with Crippen LogP contribution >= 0.6 is 0 Å². The summed E-state index contributed by atoms with van der Waals surface area (Å²) in [6, 6.07) is 5.26. The third kappa shape index (κ3) is 6.37. The molecule has 1 aromatic carbocycles. The van der Waals surface area contributed by atoms with E-state index in [1.165, 1.54) is 32.8 Å². The molecule has 1 aliphatic heterocycles. The second kappa shape index (κ2) is 10.5. The molecule has 0 aliphatic carbocycles. The molecule has 3 unspecified atom stereocenters. The van der Waals surface area contributed by atoms with Crippen LogP contribution in [-0.4, -0.2) is 36.1 Å². The van der Waals surface area contributed by atoms with Crippen molar-refractivity contribution in [2.75, 3.05) is 13.7 Å². The molecule has 2 rings (SSSR count). The van der Waals surface area contributed by atoms with Crippen molar-refractivity contribution < 1.29 is 19.7 Å². The fourth-order valence-electron chi connectivity index (χ4n) is 3.21. The van der Waals surface area contributed by atoms with Gasteiger partial charge in [0.25, 0.3) is 0 Å². The quantitative estimate of drug-likeness (QED) is 0.576. The SMILES string of the molecule is CCCCCCCC(O)CC1COC1/C=C/c1ccc(O)c(OC)c1. The minimum absolute atomic E-state index is 0.0644. The van der Waals surface area contributed by atoms with E-state index in [2.05, 4.69) is 6.92 Å². The molecule has 0 bridgehead atoms. The van der Waals surface area contributed by atoms with E-state index in [4.69, 9.17) is 9.47 Å². The molecule has 0 amide bonds. The van der Waals surface area contributed by atoms with Gasteiger partial charge in [-0.25, -0.2) is 0 Å². The third-order valence-corrected chi connectivity index (χ3v) is 4.87. The van der Waals surface area contributed by atoms with Crippen LogP contribution in [0.3, 0.4) is 0 Å². The van der Waals surface area contributed by atoms with E-state index in [9.17, 15) is 10.2 Å². The van der Waals surface area contributed by atoms with Crippen molar-refractivity contribution in [2.24, 2.45) is 5.92 Å². The summed E-state index contributed by atoms with van der Waals surface area (Å²) in [6.07, 6.45) is 11.7. The number of aliphatic hydroxyl groups is 1. The Morgan fingerprint density at radius 1 is 1.28 bits per heavy atom. The fraction of sp³-hybridized carbons (Fsp3) is 0.619. The number of phenolic OH excluding ortho intramolecular Hbond substituents is 1. The second-order valence-corrected chi connectivity index (χ2v) is 6.94. The van der Waals surface area contributed by atoms with Crippen molar-refractivity contribution in [1.82, 2.24) is 0 Å². The summed E-state index contributed by atoms with van der Waals surface area (Å²) in [6.45, 7) is 2.94. The molecule has 140 valence electrons. The lowest BCUT2D eigenvalue weighted by Crippen LogP contribution is -2.40. The average molecular weight is 348 g/mol. The van der Waals surface area contributed by atoms with Crippen molar-refractivity contribution in [1.29, 1.82) is 0 Å². The van der Waals surface area contributed by atoms with Gasteiger partial charge < -0.3 is 19.7 Å². The molecule has 4 heteroatoms. The molecule has 0 spiro atoms. The zero-order valence-corrected chi connectivity index (χ0v) is 15.5. The minimum atomic E-state index is -0.222. The lowest BCUT2D eigenvalue weighted by molar-refractivity contribution is -0.101. The van der Waals surface area contributed by atoms with Gasteiger partial charge >= 0.3 is 0 Å². The van der Waals surface area contributed by atoms with Gasteiger partial charge in [0.2, 0.25) is 0 Å². The van der Waals surface area contributed by atoms with Crippen LogP contribution in [0.2, 0.25) is 0 Å². The van der Waals surface area contributed by atoms with Crippen LogP contribution in [0.25, 0.3) is 6.08 Å². The van der Waals surface area contributed by atoms with E-state index in [1.54, 1.807) is 12.1 Å². The summed E-state index contributed by atoms with van der Waals surface area (Å²) in [7, 11) is 1.54. The maximum absolute atomic E-state index is 10.2. The summed E-state index contributed by atoms with van der Waals surface area (Å²) >= 11 is 0. The van der Waals surface area contributed by atoms with Crippen LogP contribution in [0, 0.1) is 5.92 Å². The van der Waals surface area contributed by atoms with Crippen LogP contribution in [0.4, 0.5) is 0 Å². The van der Waals surface area contributed by atoms with Crippen LogP contribution in [0.1, 0.15) is 57.4 Å². The highest BCUT2D eigenvalue weighted by atomic mass is 16.5. The molecule has 1 heterocycles. The van der Waals surface area contributed by atoms with Crippen molar-refractivity contribution in [3.63, 3.8) is 0 Å². The standard InChI is InChI=1S/C21H32O4/c1-3-4-5-6-7-8-18(22)14-17-15-25-20(17)12-10-16-9-11-19(23)21(13-16)24-2/h9-13,17-18,20,22-23H,3-8,14-15H2,1-2H3/b12-10+. The Morgan fingerprint density at radius 2 is 2.08 bits per heavy atom. The number of phenols is 1. The Kier molecular flexibility index (Phi) is 8.29. The van der Waals surface area contributed by atoms with Crippen LogP contribution in [0.5, 0.6) is 11.5 Å². The van der Waals surface area contributed by atoms with Gasteiger partial charge in [-0.3, -0.25) is 0 Å². The van der Waals surface area contributed by atoms with Crippen LogP contribution in [-0.2, 0) is 4.74 Å². The Morgan fingerprint density at radius 3 is 2.76 bits per heavy atom. The Labute approximate surface area is 151 Å². The molecular weight excluding hydrogens is 316 g/mol. The Balaban J connectivity index is 1.74. The molecule has 3 atom stereocenters. The molecule has 1 aromatic rings. The first-order valence-electron chi connectivity index (χ1n) is 9.49. The molecule has 1 aliphatic rings. The van der Waals surface area contributed by atoms with Gasteiger partial charge in [0.05, 0.1) is 25.9 Å². The van der Waals surface area contributed by atoms with E-state index in [-0.39, 0.29) is 18.0 Å². The van der Waals surface area contributed by atoms with Crippen molar-refractivity contribution >= 4 is 6.08 Å². The molecule has 1 fully saturated rings. The number of hydrogen-bond donors (Lipinski definition) is 2. The number of benzene rings is 1. The zero-order valence-electron chi connectivity index (χ0n) is 15.5. The monoisotopic (exact) mass is 348 g/mol. The molecule has 0 saturated carbocycles. The average Bonchev–Trinajstić information content (AvgIpc) is 2.60. The zero-order chi connectivity index (χ0) is 18.1. The van der Waals surface area contributed by atoms with Gasteiger partial charge in [0.1, 0.15) is 0 Å². The van der Waals surface area contributed by atoms with Crippen molar-refractivity contribution in [2.45, 2.75) is 64.1 Å². The molecule has 1 saturated heterocycles. The Bertz CT molecular complexity index is 541. The first-order valence-corrected chi connectivity index (χ1v) is 9.49. The van der Waals surface area contributed by atoms with Gasteiger partial charge in [-0.15, -0.1) is 0 Å². The molecule has 0 aromatic heterocycles. The van der Waals surface area contributed by atoms with Gasteiger partial charge in [0, 0.05) is 5.92 Å². The summed E-state index contributed by atoms with van der Waals surface area (Å²) in [4.78, 5) is 0. The molecular formula is C21H32O4. The number of aliphatic hydroxyl groups excluding tert-OH is 1. The van der Waals surface area contributed by atoms with E-state index in [1.807, 2.05) is 18.2 Å². The summed E-state index contributed by atoms with van der Waals surface area (Å²) in [5.41, 5.74) is 0.959. The summed E-state index contributed by atoms with van der Waals surface area (Å²) in [5, 5.41) is 19.8. The van der Waals surface area contributed by atoms with E-state index in [0.29, 0.717) is 11.7 Å². The van der Waals surface area contributed by atoms with Crippen LogP contribution < -0.4 is 4.74 Å². The number of rotatable bonds is 11. The minimum Gasteiger partial charge on any atom is -0.504 e. The van der Waals surface area contributed by atoms with E-state index < -0.39 is 0 Å². The lowest BCUT2D eigenvalue weighted by atomic mass is 9.89. The molecule has 25 heavy (non-hydrogen) atoms. The molecule has 0 radical (unpaired) electrons. The van der Waals surface area contributed by atoms with Gasteiger partial charge in [-0.2, -0.15) is 0 Å². The topological polar surface area (TPSA) is 58.9 Å². The fourth-order valence-corrected chi connectivity index (χ4v) is 3.21. The largest absolute Gasteiger partial charge is 0.504 e. The molecule has 4 nitrogen and oxygen atoms in total. The van der Waals surface area contributed by atoms with Crippen LogP contribution in [0.15, 0.2) is 24.3 Å². The number of unbranched alkanes of at least 4 members (excludes halogenated alkanes) is 4. The first-order chi connectivity index (χ1) is 12.1. The third-order valence-electron chi connectivity index (χ3n) is 4.87. The number of hydrogen-bond acceptors (Lipinski definition) is 4. The highest BCUT2D eigenvalue weighted by Crippen LogP contribution is 2.30. The predicted octanol–water partition coefficient (Wildman–Crippen LogP) is 4.54. The number of ether oxygens (including phenoxy) is 2. The van der Waals surface area contributed by atoms with E-state index in [0.717, 1.165) is 31.4 Å². The smallest absolute Gasteiger partial charge is 0.161 e. The van der Waals surface area contributed by atoms with Gasteiger partial charge in [0.15, 0.2) is 11.5 Å². The first kappa shape index (κ1) is 19.8. The highest BCUT2D eigenvalue weighted by molar-refractivity contribution is 5.56.